The van der Waals surface area contributed by atoms with Gasteiger partial charge in [-0.15, -0.1) is 8.07 Å². The maximum atomic E-state index is 3.61. The maximum absolute atomic E-state index is 3.61. The Bertz CT molecular complexity index is 133. The first-order valence-electron chi connectivity index (χ1n) is 4.56. The van der Waals surface area contributed by atoms with Gasteiger partial charge in [0.05, 0.1) is 0 Å². The quantitative estimate of drug-likeness (QED) is 0.439. The van der Waals surface area contributed by atoms with E-state index in [-0.39, 0.29) is 18.9 Å². The van der Waals surface area contributed by atoms with Crippen LogP contribution in [-0.2, 0) is 0 Å². The molecule has 0 aromatic carbocycles. The molecule has 0 heterocycles. The van der Waals surface area contributed by atoms with Crippen LogP contribution in [0, 0.1) is 5.70 Å². The summed E-state index contributed by atoms with van der Waals surface area (Å²) < 4.78 is 0. The van der Waals surface area contributed by atoms with Crippen molar-refractivity contribution in [2.75, 3.05) is 0 Å². The predicted molar refractivity (Wildman–Crippen MR) is 55.3 cm³/mol. The minimum absolute atomic E-state index is 0. The van der Waals surface area contributed by atoms with E-state index >= 15 is 0 Å². The van der Waals surface area contributed by atoms with Gasteiger partial charge in [-0.1, -0.05) is 52.8 Å². The van der Waals surface area contributed by atoms with Gasteiger partial charge < -0.3 is 5.70 Å². The molecule has 0 unspecified atom stereocenters. The van der Waals surface area contributed by atoms with Gasteiger partial charge in [0, 0.05) is 0 Å². The fraction of sp³-hybridized carbons (Fsp3) is 0.800. The van der Waals surface area contributed by atoms with Crippen LogP contribution in [-0.4, -0.2) is 8.07 Å². The van der Waals surface area contributed by atoms with Gasteiger partial charge in [-0.25, -0.2) is 0 Å². The SMILES string of the molecule is CCCCC(C)=[C-][Si](C)(C)C.[Li+]. The fourth-order valence-corrected chi connectivity index (χ4v) is 2.55. The minimum atomic E-state index is -1.06. The van der Waals surface area contributed by atoms with Crippen molar-refractivity contribution in [1.29, 1.82) is 0 Å². The van der Waals surface area contributed by atoms with Gasteiger partial charge in [0.2, 0.25) is 0 Å². The van der Waals surface area contributed by atoms with Crippen LogP contribution in [0.15, 0.2) is 5.57 Å². The number of hydrogen-bond donors (Lipinski definition) is 0. The Morgan fingerprint density at radius 2 is 1.75 bits per heavy atom. The van der Waals surface area contributed by atoms with Gasteiger partial charge in [-0.05, 0) is 0 Å². The first-order valence-corrected chi connectivity index (χ1v) is 8.06. The van der Waals surface area contributed by atoms with Crippen molar-refractivity contribution in [2.24, 2.45) is 0 Å². The summed E-state index contributed by atoms with van der Waals surface area (Å²) in [6.07, 6.45) is 3.87. The summed E-state index contributed by atoms with van der Waals surface area (Å²) in [7, 11) is -1.06. The molecule has 0 aliphatic carbocycles. The molecule has 0 saturated heterocycles. The van der Waals surface area contributed by atoms with Crippen molar-refractivity contribution in [2.45, 2.75) is 52.8 Å². The fourth-order valence-electron chi connectivity index (χ4n) is 1.14. The zero-order valence-corrected chi connectivity index (χ0v) is 10.6. The second kappa shape index (κ2) is 7.01. The molecule has 0 nitrogen and oxygen atoms in total. The largest absolute Gasteiger partial charge is 1.00 e. The number of hydrogen-bond acceptors (Lipinski definition) is 0. The van der Waals surface area contributed by atoms with Gasteiger partial charge in [-0.2, -0.15) is 0 Å². The summed E-state index contributed by atoms with van der Waals surface area (Å²) in [5.74, 6) is 0. The van der Waals surface area contributed by atoms with Crippen molar-refractivity contribution in [3.63, 3.8) is 0 Å². The molecule has 0 saturated carbocycles. The average molecular weight is 176 g/mol. The van der Waals surface area contributed by atoms with Gasteiger partial charge in [-0.3, -0.25) is 5.57 Å². The molecular weight excluding hydrogens is 155 g/mol. The molecular formula is C10H21LiSi. The monoisotopic (exact) mass is 176 g/mol. The summed E-state index contributed by atoms with van der Waals surface area (Å²) in [5.41, 5.74) is 5.09. The van der Waals surface area contributed by atoms with Crippen molar-refractivity contribution >= 4 is 8.07 Å². The molecule has 0 radical (unpaired) electrons. The topological polar surface area (TPSA) is 0 Å². The third kappa shape index (κ3) is 10.6. The average Bonchev–Trinajstić information content (AvgIpc) is 1.79. The van der Waals surface area contributed by atoms with E-state index < -0.39 is 8.07 Å². The normalized spacial score (nSPS) is 12.6. The Balaban J connectivity index is 0. The first kappa shape index (κ1) is 15.0. The van der Waals surface area contributed by atoms with Crippen LogP contribution >= 0.6 is 0 Å². The van der Waals surface area contributed by atoms with Crippen LogP contribution in [0.5, 0.6) is 0 Å². The summed E-state index contributed by atoms with van der Waals surface area (Å²) in [5, 5.41) is 0. The molecule has 0 aliphatic heterocycles. The summed E-state index contributed by atoms with van der Waals surface area (Å²) >= 11 is 0. The molecule has 66 valence electrons. The summed E-state index contributed by atoms with van der Waals surface area (Å²) in [6.45, 7) is 11.5. The van der Waals surface area contributed by atoms with Crippen LogP contribution in [0.2, 0.25) is 19.6 Å². The second-order valence-electron chi connectivity index (χ2n) is 4.26. The van der Waals surface area contributed by atoms with E-state index in [0.717, 1.165) is 0 Å². The van der Waals surface area contributed by atoms with E-state index in [1.54, 1.807) is 0 Å². The van der Waals surface area contributed by atoms with E-state index in [0.29, 0.717) is 0 Å². The van der Waals surface area contributed by atoms with E-state index in [2.05, 4.69) is 39.2 Å². The van der Waals surface area contributed by atoms with Gasteiger partial charge in [0.1, 0.15) is 0 Å². The van der Waals surface area contributed by atoms with Crippen molar-refractivity contribution in [1.82, 2.24) is 0 Å². The molecule has 0 aromatic heterocycles. The van der Waals surface area contributed by atoms with Gasteiger partial charge in [0.15, 0.2) is 0 Å². The van der Waals surface area contributed by atoms with Crippen molar-refractivity contribution < 1.29 is 18.9 Å². The van der Waals surface area contributed by atoms with E-state index in [9.17, 15) is 0 Å². The van der Waals surface area contributed by atoms with E-state index in [1.807, 2.05) is 0 Å². The van der Waals surface area contributed by atoms with Crippen LogP contribution in [0.3, 0.4) is 0 Å². The number of unbranched alkanes of at least 4 members (excludes halogenated alkanes) is 1. The molecule has 0 aromatic rings. The molecule has 0 atom stereocenters. The molecule has 0 N–H and O–H groups in total. The number of rotatable bonds is 4. The molecule has 12 heavy (non-hydrogen) atoms. The third-order valence-electron chi connectivity index (χ3n) is 1.49. The van der Waals surface area contributed by atoms with Crippen LogP contribution < -0.4 is 18.9 Å². The Hall–Kier alpha value is 0.554. The molecule has 2 heteroatoms. The zero-order chi connectivity index (χ0) is 8.91. The predicted octanol–water partition coefficient (Wildman–Crippen LogP) is 0.807. The van der Waals surface area contributed by atoms with E-state index in [1.165, 1.54) is 24.8 Å². The molecule has 0 fully saturated rings. The molecule has 0 rings (SSSR count). The standard InChI is InChI=1S/C10H21Si.Li/c1-6-7-8-10(2)9-11(3,4)5;/h6-8H2,1-5H3;/q-1;+1. The number of allylic oxidation sites excluding steroid dienone is 1. The van der Waals surface area contributed by atoms with Crippen LogP contribution in [0.4, 0.5) is 0 Å². The summed E-state index contributed by atoms with van der Waals surface area (Å²) in [6, 6.07) is 0. The first-order chi connectivity index (χ1) is 4.95. The Morgan fingerprint density at radius 3 is 2.08 bits per heavy atom. The Morgan fingerprint density at radius 1 is 1.25 bits per heavy atom. The Kier molecular flexibility index (Phi) is 8.78. The molecule has 0 bridgehead atoms. The van der Waals surface area contributed by atoms with Crippen molar-refractivity contribution in [3.8, 4) is 0 Å². The molecule has 0 aliphatic rings. The summed E-state index contributed by atoms with van der Waals surface area (Å²) in [4.78, 5) is 0. The third-order valence-corrected chi connectivity index (χ3v) is 2.67. The molecule has 0 spiro atoms. The molecule has 0 amide bonds. The van der Waals surface area contributed by atoms with E-state index in [4.69, 9.17) is 0 Å². The van der Waals surface area contributed by atoms with Crippen LogP contribution in [0.25, 0.3) is 0 Å². The van der Waals surface area contributed by atoms with Gasteiger partial charge in [0.25, 0.3) is 0 Å². The smallest absolute Gasteiger partial charge is 0.498 e. The minimum Gasteiger partial charge on any atom is -0.498 e. The van der Waals surface area contributed by atoms with Gasteiger partial charge >= 0.3 is 18.9 Å². The van der Waals surface area contributed by atoms with Crippen LogP contribution in [0.1, 0.15) is 33.1 Å². The Labute approximate surface area is 91.0 Å². The maximum Gasteiger partial charge on any atom is 1.00 e. The second-order valence-corrected chi connectivity index (χ2v) is 9.01. The van der Waals surface area contributed by atoms with Crippen molar-refractivity contribution in [3.05, 3.63) is 11.3 Å². The zero-order valence-electron chi connectivity index (χ0n) is 9.62.